The number of benzene rings is 1. The van der Waals surface area contributed by atoms with Crippen molar-refractivity contribution in [2.75, 3.05) is 25.7 Å². The van der Waals surface area contributed by atoms with E-state index in [1.807, 2.05) is 30.3 Å². The van der Waals surface area contributed by atoms with Crippen molar-refractivity contribution in [2.24, 2.45) is 0 Å². The van der Waals surface area contributed by atoms with E-state index < -0.39 is 43.5 Å². The lowest BCUT2D eigenvalue weighted by atomic mass is 10.1. The molecule has 0 fully saturated rings. The number of methoxy groups -OCH3 is 2. The van der Waals surface area contributed by atoms with Crippen LogP contribution in [0.4, 0.5) is 4.39 Å². The van der Waals surface area contributed by atoms with Gasteiger partial charge in [-0.25, -0.2) is 4.39 Å². The summed E-state index contributed by atoms with van der Waals surface area (Å²) >= 11 is 0. The molecule has 1 aromatic carbocycles. The van der Waals surface area contributed by atoms with E-state index in [2.05, 4.69) is 15.4 Å². The first-order valence-electron chi connectivity index (χ1n) is 13.3. The lowest BCUT2D eigenvalue weighted by Gasteiger charge is -2.08. The van der Waals surface area contributed by atoms with Gasteiger partial charge in [-0.15, -0.1) is 0 Å². The molecule has 0 aliphatic carbocycles. The maximum Gasteiger partial charge on any atom is 0.265 e. The van der Waals surface area contributed by atoms with Crippen molar-refractivity contribution in [3.63, 3.8) is 0 Å². The topological polar surface area (TPSA) is 209 Å². The molecule has 4 aromatic rings. The molecule has 15 nitrogen and oxygen atoms in total. The molecule has 0 aliphatic rings. The number of nitrogens with one attached hydrogen (secondary N) is 1. The minimum Gasteiger partial charge on any atom is -0.494 e. The predicted octanol–water partition coefficient (Wildman–Crippen LogP) is 1.52. The smallest absolute Gasteiger partial charge is 0.265 e. The van der Waals surface area contributed by atoms with Crippen molar-refractivity contribution >= 4 is 26.1 Å². The minimum atomic E-state index is -4.30. The summed E-state index contributed by atoms with van der Waals surface area (Å²) in [4.78, 5) is 28.8. The average molecular weight is 682 g/mol. The number of carbonyl (C=O) groups excluding carboxylic acids is 1. The molecule has 4 rings (SSSR count). The molecule has 0 spiro atoms. The van der Waals surface area contributed by atoms with Crippen molar-refractivity contribution in [2.45, 2.75) is 26.2 Å². The Hall–Kier alpha value is -4.49. The summed E-state index contributed by atoms with van der Waals surface area (Å²) in [6, 6.07) is 14.3. The van der Waals surface area contributed by atoms with Gasteiger partial charge < -0.3 is 19.4 Å². The normalized spacial score (nSPS) is 11.4. The summed E-state index contributed by atoms with van der Waals surface area (Å²) in [6.45, 7) is 0.951. The molecular weight excluding hydrogens is 649 g/mol. The first kappa shape index (κ1) is 36.0. The number of hydrogen-bond donors (Lipinski definition) is 3. The van der Waals surface area contributed by atoms with Crippen LogP contribution in [0.15, 0.2) is 71.9 Å². The number of rotatable bonds is 13. The Morgan fingerprint density at radius 1 is 0.935 bits per heavy atom. The number of ether oxygens (including phenoxy) is 2. The number of amides is 1. The summed E-state index contributed by atoms with van der Waals surface area (Å²) in [5.74, 6) is -2.93. The van der Waals surface area contributed by atoms with Crippen LogP contribution in [0, 0.1) is 5.82 Å². The average Bonchev–Trinajstić information content (AvgIpc) is 3.39. The first-order chi connectivity index (χ1) is 21.7. The third-order valence-corrected chi connectivity index (χ3v) is 7.84. The molecule has 0 radical (unpaired) electrons. The van der Waals surface area contributed by atoms with Crippen LogP contribution >= 0.6 is 0 Å². The summed E-state index contributed by atoms with van der Waals surface area (Å²) in [5, 5.41) is 7.18. The number of carbonyl (C=O) groups is 1. The van der Waals surface area contributed by atoms with Crippen LogP contribution < -0.4 is 15.6 Å². The molecule has 3 N–H and O–H groups in total. The molecule has 3 heterocycles. The van der Waals surface area contributed by atoms with E-state index in [0.717, 1.165) is 11.1 Å². The Bertz CT molecular complexity index is 1880. The number of hydrogen-bond acceptors (Lipinski definition) is 10. The maximum atomic E-state index is 14.4. The van der Waals surface area contributed by atoms with Gasteiger partial charge in [0.2, 0.25) is 0 Å². The Morgan fingerprint density at radius 3 is 2.13 bits per heavy atom. The van der Waals surface area contributed by atoms with Crippen molar-refractivity contribution in [1.29, 1.82) is 0 Å². The van der Waals surface area contributed by atoms with Crippen LogP contribution in [0.25, 0.3) is 0 Å². The van der Waals surface area contributed by atoms with Gasteiger partial charge in [0.15, 0.2) is 11.6 Å². The Kier molecular flexibility index (Phi) is 12.7. The van der Waals surface area contributed by atoms with Gasteiger partial charge in [0.05, 0.1) is 56.1 Å². The summed E-state index contributed by atoms with van der Waals surface area (Å²) in [7, 11) is -5.71. The van der Waals surface area contributed by atoms with Gasteiger partial charge in [0.25, 0.3) is 31.7 Å². The summed E-state index contributed by atoms with van der Waals surface area (Å²) in [5.41, 5.74) is 2.78. The van der Waals surface area contributed by atoms with Gasteiger partial charge in [-0.3, -0.25) is 28.4 Å². The van der Waals surface area contributed by atoms with Gasteiger partial charge >= 0.3 is 0 Å². The Labute approximate surface area is 264 Å². The Balaban J connectivity index is 0.000000498. The zero-order valence-electron chi connectivity index (χ0n) is 24.7. The number of nitrogens with zero attached hydrogens (tertiary/aromatic N) is 4. The number of halogens is 1. The summed E-state index contributed by atoms with van der Waals surface area (Å²) < 4.78 is 83.2. The second-order valence-corrected chi connectivity index (χ2v) is 12.8. The predicted molar refractivity (Wildman–Crippen MR) is 163 cm³/mol. The maximum absolute atomic E-state index is 14.4. The number of pyridine rings is 2. The van der Waals surface area contributed by atoms with E-state index in [0.29, 0.717) is 24.3 Å². The second kappa shape index (κ2) is 16.2. The summed E-state index contributed by atoms with van der Waals surface area (Å²) in [6.07, 6.45) is 4.81. The van der Waals surface area contributed by atoms with E-state index in [1.54, 1.807) is 27.7 Å². The fourth-order valence-electron chi connectivity index (χ4n) is 3.92. The highest BCUT2D eigenvalue weighted by atomic mass is 32.2. The standard InChI is InChI=1S/C26H26FN5O4.C2H6O6S2/c1-35-17-22-20(26(34)29-13-21-25(27)23(36-2)10-11-28-21)16-32(30-22)15-19-8-6-18(7-9-19)14-31-12-4-3-5-24(31)33;3-9(4,5)1-2-10(6,7)8/h3-12,16H,13-15,17H2,1-2H3,(H,29,34);1-2H2,(H,3,4,5)(H,6,7,8). The van der Waals surface area contributed by atoms with Gasteiger partial charge in [0, 0.05) is 37.8 Å². The highest BCUT2D eigenvalue weighted by molar-refractivity contribution is 7.89. The first-order valence-corrected chi connectivity index (χ1v) is 16.6. The molecule has 46 heavy (non-hydrogen) atoms. The van der Waals surface area contributed by atoms with Crippen LogP contribution in [-0.4, -0.2) is 76.9 Å². The van der Waals surface area contributed by atoms with Crippen molar-refractivity contribution in [3.05, 3.63) is 111 Å². The molecule has 248 valence electrons. The highest BCUT2D eigenvalue weighted by Gasteiger charge is 2.18. The molecule has 0 bridgehead atoms. The van der Waals surface area contributed by atoms with Gasteiger partial charge in [0.1, 0.15) is 5.69 Å². The van der Waals surface area contributed by atoms with Crippen LogP contribution in [0.2, 0.25) is 0 Å². The monoisotopic (exact) mass is 681 g/mol. The molecule has 3 aromatic heterocycles. The van der Waals surface area contributed by atoms with Crippen LogP contribution in [0.5, 0.6) is 5.75 Å². The van der Waals surface area contributed by atoms with E-state index in [-0.39, 0.29) is 30.2 Å². The highest BCUT2D eigenvalue weighted by Crippen LogP contribution is 2.18. The molecule has 18 heteroatoms. The minimum absolute atomic E-state index is 0.0560. The lowest BCUT2D eigenvalue weighted by Crippen LogP contribution is -2.24. The van der Waals surface area contributed by atoms with Crippen molar-refractivity contribution in [3.8, 4) is 5.75 Å². The van der Waals surface area contributed by atoms with E-state index in [1.165, 1.54) is 32.5 Å². The quantitative estimate of drug-likeness (QED) is 0.172. The molecular formula is C28H32FN5O10S2. The molecule has 0 saturated heterocycles. The third kappa shape index (κ3) is 11.5. The van der Waals surface area contributed by atoms with Gasteiger partial charge in [-0.1, -0.05) is 30.3 Å². The van der Waals surface area contributed by atoms with E-state index >= 15 is 0 Å². The van der Waals surface area contributed by atoms with Crippen LogP contribution in [0.1, 0.15) is 32.9 Å². The molecule has 0 atom stereocenters. The molecule has 0 unspecified atom stereocenters. The van der Waals surface area contributed by atoms with Crippen LogP contribution in [0.3, 0.4) is 0 Å². The number of aromatic nitrogens is 4. The van der Waals surface area contributed by atoms with Crippen molar-refractivity contribution < 1.29 is 44.6 Å². The molecule has 0 aliphatic heterocycles. The fourth-order valence-corrected chi connectivity index (χ4v) is 5.60. The van der Waals surface area contributed by atoms with Gasteiger partial charge in [-0.2, -0.15) is 21.9 Å². The second-order valence-electron chi connectivity index (χ2n) is 9.63. The van der Waals surface area contributed by atoms with E-state index in [4.69, 9.17) is 18.6 Å². The SMILES string of the molecule is COCc1nn(Cc2ccc(Cn3ccccc3=O)cc2)cc1C(=O)NCc1nccc(OC)c1F.O=S(=O)(O)CCS(=O)(=O)O. The lowest BCUT2D eigenvalue weighted by molar-refractivity contribution is 0.0944. The van der Waals surface area contributed by atoms with Gasteiger partial charge in [-0.05, 0) is 17.2 Å². The zero-order valence-corrected chi connectivity index (χ0v) is 26.4. The third-order valence-electron chi connectivity index (χ3n) is 6.14. The van der Waals surface area contributed by atoms with Crippen molar-refractivity contribution in [1.82, 2.24) is 24.6 Å². The molecule has 1 amide bonds. The Morgan fingerprint density at radius 2 is 1.57 bits per heavy atom. The van der Waals surface area contributed by atoms with E-state index in [9.17, 15) is 30.8 Å². The molecule has 0 saturated carbocycles. The zero-order chi connectivity index (χ0) is 33.9. The van der Waals surface area contributed by atoms with Crippen LogP contribution in [-0.2, 0) is 51.2 Å². The fraction of sp³-hybridized carbons (Fsp3) is 0.286. The largest absolute Gasteiger partial charge is 0.494 e.